The molecule has 0 aliphatic heterocycles. The minimum atomic E-state index is -0.568. The predicted molar refractivity (Wildman–Crippen MR) is 61.7 cm³/mol. The molecule has 1 aromatic heterocycles. The Morgan fingerprint density at radius 1 is 1.57 bits per heavy atom. The molecule has 0 bridgehead atoms. The zero-order valence-electron chi connectivity index (χ0n) is 9.08. The first-order valence-electron chi connectivity index (χ1n) is 4.97. The van der Waals surface area contributed by atoms with Crippen LogP contribution in [0.3, 0.4) is 0 Å². The number of hydrogen-bond donors (Lipinski definition) is 2. The number of thiophene rings is 1. The molecule has 1 atom stereocenters. The second-order valence-electron chi connectivity index (χ2n) is 4.29. The molecular weight excluding hydrogens is 194 g/mol. The number of rotatable bonds is 5. The second kappa shape index (κ2) is 4.91. The standard InChI is InChI=1S/C11H19NOS/c1-9(10-4-7-14-8-10)12-6-5-11(2,3)13/h4,7-9,12-13H,5-6H2,1-3H3. The third-order valence-corrected chi connectivity index (χ3v) is 2.93. The highest BCUT2D eigenvalue weighted by atomic mass is 32.1. The number of hydrogen-bond acceptors (Lipinski definition) is 3. The Balaban J connectivity index is 2.26. The van der Waals surface area contributed by atoms with Crippen molar-refractivity contribution in [2.75, 3.05) is 6.54 Å². The Bertz CT molecular complexity index is 251. The monoisotopic (exact) mass is 213 g/mol. The highest BCUT2D eigenvalue weighted by Crippen LogP contribution is 2.16. The van der Waals surface area contributed by atoms with Crippen LogP contribution in [0.2, 0.25) is 0 Å². The summed E-state index contributed by atoms with van der Waals surface area (Å²) in [6, 6.07) is 2.51. The summed E-state index contributed by atoms with van der Waals surface area (Å²) < 4.78 is 0. The highest BCUT2D eigenvalue weighted by Gasteiger charge is 2.12. The minimum absolute atomic E-state index is 0.378. The van der Waals surface area contributed by atoms with Crippen LogP contribution in [0.5, 0.6) is 0 Å². The molecule has 1 heterocycles. The van der Waals surface area contributed by atoms with Crippen LogP contribution in [0.1, 0.15) is 38.8 Å². The van der Waals surface area contributed by atoms with E-state index in [2.05, 4.69) is 29.1 Å². The lowest BCUT2D eigenvalue weighted by molar-refractivity contribution is 0.0705. The van der Waals surface area contributed by atoms with Gasteiger partial charge in [0.2, 0.25) is 0 Å². The van der Waals surface area contributed by atoms with Crippen LogP contribution >= 0.6 is 11.3 Å². The van der Waals surface area contributed by atoms with E-state index >= 15 is 0 Å². The molecule has 0 saturated heterocycles. The molecule has 80 valence electrons. The molecule has 0 aromatic carbocycles. The third kappa shape index (κ3) is 4.22. The van der Waals surface area contributed by atoms with E-state index in [4.69, 9.17) is 0 Å². The van der Waals surface area contributed by atoms with Crippen molar-refractivity contribution in [3.63, 3.8) is 0 Å². The fraction of sp³-hybridized carbons (Fsp3) is 0.636. The van der Waals surface area contributed by atoms with Gasteiger partial charge in [0.15, 0.2) is 0 Å². The Labute approximate surface area is 90.0 Å². The van der Waals surface area contributed by atoms with E-state index in [1.165, 1.54) is 5.56 Å². The van der Waals surface area contributed by atoms with Crippen LogP contribution in [-0.2, 0) is 0 Å². The van der Waals surface area contributed by atoms with Crippen molar-refractivity contribution in [1.82, 2.24) is 5.32 Å². The van der Waals surface area contributed by atoms with Gasteiger partial charge < -0.3 is 10.4 Å². The molecule has 2 nitrogen and oxygen atoms in total. The van der Waals surface area contributed by atoms with Crippen LogP contribution in [0, 0.1) is 0 Å². The Morgan fingerprint density at radius 2 is 2.29 bits per heavy atom. The topological polar surface area (TPSA) is 32.3 Å². The second-order valence-corrected chi connectivity index (χ2v) is 5.07. The molecule has 0 amide bonds. The van der Waals surface area contributed by atoms with Gasteiger partial charge in [-0.05, 0) is 56.1 Å². The number of aliphatic hydroxyl groups is 1. The van der Waals surface area contributed by atoms with Crippen molar-refractivity contribution in [2.24, 2.45) is 0 Å². The van der Waals surface area contributed by atoms with Gasteiger partial charge in [-0.25, -0.2) is 0 Å². The van der Waals surface area contributed by atoms with Crippen LogP contribution < -0.4 is 5.32 Å². The van der Waals surface area contributed by atoms with E-state index in [1.807, 2.05) is 13.8 Å². The smallest absolute Gasteiger partial charge is 0.0603 e. The normalized spacial score (nSPS) is 14.3. The average molecular weight is 213 g/mol. The largest absolute Gasteiger partial charge is 0.390 e. The van der Waals surface area contributed by atoms with E-state index in [9.17, 15) is 5.11 Å². The Morgan fingerprint density at radius 3 is 2.79 bits per heavy atom. The maximum Gasteiger partial charge on any atom is 0.0603 e. The van der Waals surface area contributed by atoms with Gasteiger partial charge in [0.1, 0.15) is 0 Å². The molecule has 0 aliphatic rings. The van der Waals surface area contributed by atoms with Crippen LogP contribution in [-0.4, -0.2) is 17.3 Å². The molecule has 0 radical (unpaired) electrons. The summed E-state index contributed by atoms with van der Waals surface area (Å²) in [7, 11) is 0. The molecule has 2 N–H and O–H groups in total. The van der Waals surface area contributed by atoms with E-state index < -0.39 is 5.60 Å². The van der Waals surface area contributed by atoms with Gasteiger partial charge in [-0.2, -0.15) is 11.3 Å². The lowest BCUT2D eigenvalue weighted by atomic mass is 10.1. The van der Waals surface area contributed by atoms with Crippen molar-refractivity contribution < 1.29 is 5.11 Å². The summed E-state index contributed by atoms with van der Waals surface area (Å²) in [6.07, 6.45) is 0.779. The summed E-state index contributed by atoms with van der Waals surface area (Å²) in [5, 5.41) is 17.2. The van der Waals surface area contributed by atoms with E-state index in [1.54, 1.807) is 11.3 Å². The lowest BCUT2D eigenvalue weighted by Gasteiger charge is -2.19. The molecule has 0 aliphatic carbocycles. The first-order chi connectivity index (χ1) is 6.49. The van der Waals surface area contributed by atoms with Gasteiger partial charge in [0, 0.05) is 6.04 Å². The van der Waals surface area contributed by atoms with Gasteiger partial charge in [-0.1, -0.05) is 0 Å². The van der Waals surface area contributed by atoms with Gasteiger partial charge in [0.05, 0.1) is 5.60 Å². The molecular formula is C11H19NOS. The quantitative estimate of drug-likeness (QED) is 0.788. The van der Waals surface area contributed by atoms with Gasteiger partial charge in [-0.3, -0.25) is 0 Å². The molecule has 1 aromatic rings. The highest BCUT2D eigenvalue weighted by molar-refractivity contribution is 7.07. The zero-order chi connectivity index (χ0) is 10.6. The molecule has 0 saturated carbocycles. The van der Waals surface area contributed by atoms with Gasteiger partial charge in [0.25, 0.3) is 0 Å². The fourth-order valence-corrected chi connectivity index (χ4v) is 1.99. The molecule has 14 heavy (non-hydrogen) atoms. The van der Waals surface area contributed by atoms with Crippen molar-refractivity contribution in [3.05, 3.63) is 22.4 Å². The summed E-state index contributed by atoms with van der Waals surface area (Å²) in [5.41, 5.74) is 0.757. The van der Waals surface area contributed by atoms with Crippen LogP contribution in [0.25, 0.3) is 0 Å². The summed E-state index contributed by atoms with van der Waals surface area (Å²) in [6.45, 7) is 6.67. The first kappa shape index (κ1) is 11.7. The van der Waals surface area contributed by atoms with Crippen molar-refractivity contribution >= 4 is 11.3 Å². The molecule has 0 fully saturated rings. The molecule has 1 rings (SSSR count). The SMILES string of the molecule is CC(NCCC(C)(C)O)c1ccsc1. The molecule has 0 spiro atoms. The van der Waals surface area contributed by atoms with Gasteiger partial charge in [-0.15, -0.1) is 0 Å². The first-order valence-corrected chi connectivity index (χ1v) is 5.91. The summed E-state index contributed by atoms with van der Waals surface area (Å²) in [5.74, 6) is 0. The predicted octanol–water partition coefficient (Wildman–Crippen LogP) is 2.56. The van der Waals surface area contributed by atoms with E-state index in [0.29, 0.717) is 6.04 Å². The zero-order valence-corrected chi connectivity index (χ0v) is 9.90. The van der Waals surface area contributed by atoms with E-state index in [-0.39, 0.29) is 0 Å². The fourth-order valence-electron chi connectivity index (χ4n) is 1.23. The van der Waals surface area contributed by atoms with Crippen molar-refractivity contribution in [2.45, 2.75) is 38.8 Å². The average Bonchev–Trinajstić information content (AvgIpc) is 2.53. The Kier molecular flexibility index (Phi) is 4.11. The van der Waals surface area contributed by atoms with Crippen molar-refractivity contribution in [3.8, 4) is 0 Å². The third-order valence-electron chi connectivity index (χ3n) is 2.23. The maximum absolute atomic E-state index is 9.52. The maximum atomic E-state index is 9.52. The van der Waals surface area contributed by atoms with Gasteiger partial charge >= 0.3 is 0 Å². The van der Waals surface area contributed by atoms with Crippen LogP contribution in [0.15, 0.2) is 16.8 Å². The summed E-state index contributed by atoms with van der Waals surface area (Å²) >= 11 is 1.72. The summed E-state index contributed by atoms with van der Waals surface area (Å²) in [4.78, 5) is 0. The minimum Gasteiger partial charge on any atom is -0.390 e. The Hall–Kier alpha value is -0.380. The molecule has 1 unspecified atom stereocenters. The molecule has 3 heteroatoms. The van der Waals surface area contributed by atoms with Crippen LogP contribution in [0.4, 0.5) is 0 Å². The lowest BCUT2D eigenvalue weighted by Crippen LogP contribution is -2.28. The number of nitrogens with one attached hydrogen (secondary N) is 1. The van der Waals surface area contributed by atoms with E-state index in [0.717, 1.165) is 13.0 Å². The van der Waals surface area contributed by atoms with Crippen molar-refractivity contribution in [1.29, 1.82) is 0 Å².